The minimum absolute atomic E-state index is 0.0617. The standard InChI is InChI=1S/C15H22N2O4/c1-10-13(19-2)6-11(7-14(10)20-3)15(18)17-4-5-21-12(8-16)9-17/h6-7,12H,4-5,8-9,16H2,1-3H3. The van der Waals surface area contributed by atoms with E-state index in [9.17, 15) is 4.79 Å². The molecule has 6 heteroatoms. The molecule has 0 aliphatic carbocycles. The third kappa shape index (κ3) is 3.28. The van der Waals surface area contributed by atoms with E-state index in [1.165, 1.54) is 0 Å². The second kappa shape index (κ2) is 6.78. The maximum atomic E-state index is 12.6. The molecule has 1 aromatic carbocycles. The van der Waals surface area contributed by atoms with Crippen LogP contribution in [0.25, 0.3) is 0 Å². The lowest BCUT2D eigenvalue weighted by Gasteiger charge is -2.32. The third-order valence-electron chi connectivity index (χ3n) is 3.69. The van der Waals surface area contributed by atoms with Crippen molar-refractivity contribution in [3.63, 3.8) is 0 Å². The fourth-order valence-corrected chi connectivity index (χ4v) is 2.44. The minimum atomic E-state index is -0.100. The molecule has 1 heterocycles. The number of methoxy groups -OCH3 is 2. The van der Waals surface area contributed by atoms with Gasteiger partial charge in [0.05, 0.1) is 26.9 Å². The highest BCUT2D eigenvalue weighted by Gasteiger charge is 2.25. The smallest absolute Gasteiger partial charge is 0.254 e. The van der Waals surface area contributed by atoms with Crippen molar-refractivity contribution in [2.24, 2.45) is 5.73 Å². The summed E-state index contributed by atoms with van der Waals surface area (Å²) >= 11 is 0. The topological polar surface area (TPSA) is 74.0 Å². The highest BCUT2D eigenvalue weighted by atomic mass is 16.5. The third-order valence-corrected chi connectivity index (χ3v) is 3.69. The zero-order valence-corrected chi connectivity index (χ0v) is 12.7. The first-order chi connectivity index (χ1) is 10.1. The number of ether oxygens (including phenoxy) is 3. The Morgan fingerprint density at radius 1 is 1.38 bits per heavy atom. The number of morpholine rings is 1. The predicted octanol–water partition coefficient (Wildman–Crippen LogP) is 0.812. The summed E-state index contributed by atoms with van der Waals surface area (Å²) in [5.41, 5.74) is 7.03. The van der Waals surface area contributed by atoms with E-state index in [1.807, 2.05) is 6.92 Å². The number of hydrogen-bond donors (Lipinski definition) is 1. The number of nitrogens with zero attached hydrogens (tertiary/aromatic N) is 1. The summed E-state index contributed by atoms with van der Waals surface area (Å²) in [7, 11) is 3.16. The molecule has 1 fully saturated rings. The van der Waals surface area contributed by atoms with Crippen LogP contribution >= 0.6 is 0 Å². The number of carbonyl (C=O) groups is 1. The fraction of sp³-hybridized carbons (Fsp3) is 0.533. The van der Waals surface area contributed by atoms with Gasteiger partial charge < -0.3 is 24.8 Å². The molecule has 1 unspecified atom stereocenters. The van der Waals surface area contributed by atoms with Gasteiger partial charge in [0.25, 0.3) is 5.91 Å². The lowest BCUT2D eigenvalue weighted by Crippen LogP contribution is -2.48. The van der Waals surface area contributed by atoms with E-state index in [4.69, 9.17) is 19.9 Å². The van der Waals surface area contributed by atoms with Gasteiger partial charge in [0.2, 0.25) is 0 Å². The average molecular weight is 294 g/mol. The molecule has 0 saturated carbocycles. The van der Waals surface area contributed by atoms with Gasteiger partial charge >= 0.3 is 0 Å². The lowest BCUT2D eigenvalue weighted by molar-refractivity contribution is -0.0167. The van der Waals surface area contributed by atoms with Gasteiger partial charge in [-0.15, -0.1) is 0 Å². The van der Waals surface area contributed by atoms with Crippen molar-refractivity contribution in [1.29, 1.82) is 0 Å². The average Bonchev–Trinajstić information content (AvgIpc) is 2.54. The van der Waals surface area contributed by atoms with E-state index < -0.39 is 0 Å². The molecule has 21 heavy (non-hydrogen) atoms. The van der Waals surface area contributed by atoms with Gasteiger partial charge in [0, 0.05) is 30.8 Å². The van der Waals surface area contributed by atoms with Crippen LogP contribution < -0.4 is 15.2 Å². The summed E-state index contributed by atoms with van der Waals surface area (Å²) in [5, 5.41) is 0. The molecule has 6 nitrogen and oxygen atoms in total. The van der Waals surface area contributed by atoms with E-state index >= 15 is 0 Å². The Labute approximate surface area is 124 Å². The molecule has 1 aliphatic rings. The Morgan fingerprint density at radius 3 is 2.52 bits per heavy atom. The second-order valence-electron chi connectivity index (χ2n) is 4.99. The quantitative estimate of drug-likeness (QED) is 0.889. The summed E-state index contributed by atoms with van der Waals surface area (Å²) in [6, 6.07) is 3.49. The molecule has 0 radical (unpaired) electrons. The monoisotopic (exact) mass is 294 g/mol. The zero-order chi connectivity index (χ0) is 15.4. The number of nitrogens with two attached hydrogens (primary N) is 1. The first-order valence-electron chi connectivity index (χ1n) is 6.94. The molecular formula is C15H22N2O4. The van der Waals surface area contributed by atoms with E-state index in [0.29, 0.717) is 43.3 Å². The van der Waals surface area contributed by atoms with Crippen LogP contribution in [0.1, 0.15) is 15.9 Å². The molecular weight excluding hydrogens is 272 g/mol. The highest BCUT2D eigenvalue weighted by molar-refractivity contribution is 5.95. The van der Waals surface area contributed by atoms with Crippen LogP contribution in [0.15, 0.2) is 12.1 Å². The number of amides is 1. The van der Waals surface area contributed by atoms with Crippen molar-refractivity contribution in [2.45, 2.75) is 13.0 Å². The van der Waals surface area contributed by atoms with Crippen molar-refractivity contribution in [1.82, 2.24) is 4.90 Å². The van der Waals surface area contributed by atoms with Gasteiger partial charge in [0.1, 0.15) is 11.5 Å². The molecule has 1 atom stereocenters. The minimum Gasteiger partial charge on any atom is -0.496 e. The first-order valence-corrected chi connectivity index (χ1v) is 6.94. The van der Waals surface area contributed by atoms with Crippen LogP contribution in [-0.4, -0.2) is 57.4 Å². The van der Waals surface area contributed by atoms with Crippen LogP contribution in [0, 0.1) is 6.92 Å². The number of benzene rings is 1. The van der Waals surface area contributed by atoms with E-state index in [2.05, 4.69) is 0 Å². The van der Waals surface area contributed by atoms with Crippen LogP contribution in [0.3, 0.4) is 0 Å². The highest BCUT2D eigenvalue weighted by Crippen LogP contribution is 2.30. The van der Waals surface area contributed by atoms with Crippen LogP contribution in [0.2, 0.25) is 0 Å². The molecule has 0 aromatic heterocycles. The SMILES string of the molecule is COc1cc(C(=O)N2CCOC(CN)C2)cc(OC)c1C. The van der Waals surface area contributed by atoms with Crippen LogP contribution in [0.5, 0.6) is 11.5 Å². The Kier molecular flexibility index (Phi) is 5.03. The van der Waals surface area contributed by atoms with E-state index in [1.54, 1.807) is 31.3 Å². The van der Waals surface area contributed by atoms with Crippen molar-refractivity contribution in [2.75, 3.05) is 40.5 Å². The molecule has 1 aromatic rings. The number of rotatable bonds is 4. The first kappa shape index (κ1) is 15.6. The summed E-state index contributed by atoms with van der Waals surface area (Å²) in [5.74, 6) is 1.22. The van der Waals surface area contributed by atoms with Crippen LogP contribution in [-0.2, 0) is 4.74 Å². The van der Waals surface area contributed by atoms with E-state index in [-0.39, 0.29) is 12.0 Å². The van der Waals surface area contributed by atoms with Crippen molar-refractivity contribution >= 4 is 5.91 Å². The summed E-state index contributed by atoms with van der Waals surface area (Å²) < 4.78 is 16.1. The van der Waals surface area contributed by atoms with Gasteiger partial charge in [-0.25, -0.2) is 0 Å². The second-order valence-corrected chi connectivity index (χ2v) is 4.99. The van der Waals surface area contributed by atoms with Crippen molar-refractivity contribution < 1.29 is 19.0 Å². The largest absolute Gasteiger partial charge is 0.496 e. The molecule has 2 rings (SSSR count). The number of hydrogen-bond acceptors (Lipinski definition) is 5. The van der Waals surface area contributed by atoms with Gasteiger partial charge in [-0.1, -0.05) is 0 Å². The molecule has 1 amide bonds. The molecule has 1 saturated heterocycles. The Hall–Kier alpha value is -1.79. The maximum absolute atomic E-state index is 12.6. The van der Waals surface area contributed by atoms with E-state index in [0.717, 1.165) is 5.56 Å². The Balaban J connectivity index is 2.26. The number of carbonyl (C=O) groups excluding carboxylic acids is 1. The van der Waals surface area contributed by atoms with Gasteiger partial charge in [0.15, 0.2) is 0 Å². The molecule has 1 aliphatic heterocycles. The normalized spacial score (nSPS) is 18.5. The van der Waals surface area contributed by atoms with Crippen molar-refractivity contribution in [3.05, 3.63) is 23.3 Å². The summed E-state index contributed by atoms with van der Waals surface area (Å²) in [6.07, 6.45) is -0.100. The molecule has 0 bridgehead atoms. The van der Waals surface area contributed by atoms with Crippen LogP contribution in [0.4, 0.5) is 0 Å². The molecule has 0 spiro atoms. The lowest BCUT2D eigenvalue weighted by atomic mass is 10.1. The predicted molar refractivity (Wildman–Crippen MR) is 79.0 cm³/mol. The Morgan fingerprint density at radius 2 is 2.00 bits per heavy atom. The molecule has 116 valence electrons. The summed E-state index contributed by atoms with van der Waals surface area (Å²) in [4.78, 5) is 14.4. The van der Waals surface area contributed by atoms with Gasteiger partial charge in [-0.3, -0.25) is 4.79 Å². The van der Waals surface area contributed by atoms with Gasteiger partial charge in [-0.2, -0.15) is 0 Å². The van der Waals surface area contributed by atoms with Gasteiger partial charge in [-0.05, 0) is 19.1 Å². The summed E-state index contributed by atoms with van der Waals surface area (Å²) in [6.45, 7) is 3.88. The Bertz CT molecular complexity index is 493. The zero-order valence-electron chi connectivity index (χ0n) is 12.7. The maximum Gasteiger partial charge on any atom is 0.254 e. The fourth-order valence-electron chi connectivity index (χ4n) is 2.44. The molecule has 2 N–H and O–H groups in total. The van der Waals surface area contributed by atoms with Crippen molar-refractivity contribution in [3.8, 4) is 11.5 Å².